The van der Waals surface area contributed by atoms with E-state index in [9.17, 15) is 18.8 Å². The van der Waals surface area contributed by atoms with Crippen LogP contribution in [0, 0.1) is 35.4 Å². The number of thiazole rings is 1. The third-order valence-corrected chi connectivity index (χ3v) is 11.8. The van der Waals surface area contributed by atoms with Gasteiger partial charge in [-0.05, 0) is 80.0 Å². The molecule has 1 saturated heterocycles. The summed E-state index contributed by atoms with van der Waals surface area (Å²) in [5.41, 5.74) is 2.77. The number of imide groups is 1. The zero-order valence-electron chi connectivity index (χ0n) is 21.1. The maximum absolute atomic E-state index is 13.8. The molecular formula is C29H28FN3O3S2. The summed E-state index contributed by atoms with van der Waals surface area (Å²) in [7, 11) is 0. The van der Waals surface area contributed by atoms with E-state index in [4.69, 9.17) is 0 Å². The first kappa shape index (κ1) is 24.2. The second-order valence-electron chi connectivity index (χ2n) is 10.7. The van der Waals surface area contributed by atoms with Crippen LogP contribution in [0.1, 0.15) is 36.6 Å². The van der Waals surface area contributed by atoms with E-state index < -0.39 is 5.82 Å². The number of hydrogen-bond donors (Lipinski definition) is 1. The lowest BCUT2D eigenvalue weighted by Gasteiger charge is -2.43. The van der Waals surface area contributed by atoms with Gasteiger partial charge < -0.3 is 9.88 Å². The number of amides is 2. The van der Waals surface area contributed by atoms with E-state index in [1.807, 2.05) is 0 Å². The zero-order valence-corrected chi connectivity index (χ0v) is 22.7. The average molecular weight is 550 g/mol. The second-order valence-corrected chi connectivity index (χ2v) is 12.9. The highest BCUT2D eigenvalue weighted by Gasteiger charge is 2.69. The van der Waals surface area contributed by atoms with Crippen LogP contribution in [-0.2, 0) is 9.59 Å². The van der Waals surface area contributed by atoms with Crippen molar-refractivity contribution in [2.75, 3.05) is 22.9 Å². The third kappa shape index (κ3) is 3.33. The molecule has 1 N–H and O–H groups in total. The molecule has 7 rings (SSSR count). The van der Waals surface area contributed by atoms with Gasteiger partial charge in [0.2, 0.25) is 11.8 Å². The Balaban J connectivity index is 1.28. The quantitative estimate of drug-likeness (QED) is 0.449. The normalized spacial score (nSPS) is 30.9. The van der Waals surface area contributed by atoms with Crippen molar-refractivity contribution in [2.45, 2.75) is 36.5 Å². The SMILES string of the molecule is CCN(CC)c1ccc([C@@H]2c3sc(=O)[nH]c3S[C@@H]3[C@H]4C[C@@H]([C@@H]5C(=O)N(c6ccc(F)cc6)C(=O)[C@H]45)[C@H]23)cc1. The highest BCUT2D eigenvalue weighted by atomic mass is 32.2. The molecule has 2 saturated carbocycles. The number of nitrogens with one attached hydrogen (secondary N) is 1. The van der Waals surface area contributed by atoms with Crippen molar-refractivity contribution in [2.24, 2.45) is 29.6 Å². The fourth-order valence-electron chi connectivity index (χ4n) is 7.72. The van der Waals surface area contributed by atoms with Crippen LogP contribution in [0.4, 0.5) is 15.8 Å². The van der Waals surface area contributed by atoms with Crippen LogP contribution in [0.15, 0.2) is 58.4 Å². The van der Waals surface area contributed by atoms with Crippen LogP contribution < -0.4 is 14.7 Å². The average Bonchev–Trinajstić information content (AvgIpc) is 3.65. The number of hydrogen-bond acceptors (Lipinski definition) is 6. The minimum Gasteiger partial charge on any atom is -0.372 e. The maximum Gasteiger partial charge on any atom is 0.305 e. The number of fused-ring (bicyclic) bond motifs is 9. The van der Waals surface area contributed by atoms with Gasteiger partial charge in [0.1, 0.15) is 5.82 Å². The van der Waals surface area contributed by atoms with Gasteiger partial charge in [-0.25, -0.2) is 4.39 Å². The van der Waals surface area contributed by atoms with E-state index in [1.54, 1.807) is 11.8 Å². The molecule has 2 bridgehead atoms. The molecule has 38 heavy (non-hydrogen) atoms. The van der Waals surface area contributed by atoms with Gasteiger partial charge >= 0.3 is 4.87 Å². The first-order valence-electron chi connectivity index (χ1n) is 13.3. The van der Waals surface area contributed by atoms with Crippen molar-refractivity contribution >= 4 is 46.3 Å². The maximum atomic E-state index is 13.8. The Kier molecular flexibility index (Phi) is 5.60. The summed E-state index contributed by atoms with van der Waals surface area (Å²) < 4.78 is 13.6. The first-order valence-corrected chi connectivity index (χ1v) is 15.0. The van der Waals surface area contributed by atoms with Crippen molar-refractivity contribution in [3.05, 3.63) is 74.5 Å². The van der Waals surface area contributed by atoms with E-state index in [0.717, 1.165) is 35.0 Å². The number of carbonyl (C=O) groups is 2. The fraction of sp³-hybridized carbons (Fsp3) is 0.414. The molecule has 1 aromatic heterocycles. The van der Waals surface area contributed by atoms with Gasteiger partial charge in [-0.1, -0.05) is 23.5 Å². The molecule has 9 heteroatoms. The minimum atomic E-state index is -0.398. The van der Waals surface area contributed by atoms with Gasteiger partial charge in [0.15, 0.2) is 0 Å². The summed E-state index contributed by atoms with van der Waals surface area (Å²) in [6.07, 6.45) is 0.847. The minimum absolute atomic E-state index is 0.00433. The van der Waals surface area contributed by atoms with E-state index >= 15 is 0 Å². The summed E-state index contributed by atoms with van der Waals surface area (Å²) in [6, 6.07) is 14.3. The van der Waals surface area contributed by atoms with Crippen molar-refractivity contribution in [3.8, 4) is 0 Å². The van der Waals surface area contributed by atoms with E-state index in [0.29, 0.717) is 5.69 Å². The van der Waals surface area contributed by atoms with Crippen LogP contribution in [0.3, 0.4) is 0 Å². The van der Waals surface area contributed by atoms with Crippen LogP contribution in [0.5, 0.6) is 0 Å². The number of nitrogens with zero attached hydrogens (tertiary/aromatic N) is 2. The Labute approximate surface area is 228 Å². The number of halogens is 1. The first-order chi connectivity index (χ1) is 18.4. The molecule has 3 fully saturated rings. The Morgan fingerprint density at radius 1 is 0.947 bits per heavy atom. The van der Waals surface area contributed by atoms with Gasteiger partial charge in [0, 0.05) is 34.8 Å². The highest BCUT2D eigenvalue weighted by Crippen LogP contribution is 2.68. The molecule has 2 aromatic carbocycles. The van der Waals surface area contributed by atoms with Crippen LogP contribution in [0.25, 0.3) is 0 Å². The van der Waals surface area contributed by atoms with Crippen molar-refractivity contribution in [1.82, 2.24) is 4.98 Å². The number of rotatable bonds is 5. The van der Waals surface area contributed by atoms with Crippen molar-refractivity contribution in [3.63, 3.8) is 0 Å². The molecule has 3 aromatic rings. The van der Waals surface area contributed by atoms with Crippen LogP contribution in [0.2, 0.25) is 0 Å². The second kappa shape index (κ2) is 8.81. The standard InChI is InChI=1S/C29H28FN3O3S2/c1-3-32(4-2)16-9-5-14(6-10-16)20-21-18-13-19(24(21)37-26-25(20)38-29(36)31-26)23-22(18)27(34)33(28(23)35)17-11-7-15(30)8-12-17/h5-12,18-24H,3-4,13H2,1-2H3,(H,31,36)/t18-,19+,20+,21-,22+,23-,24-/m1/s1. The van der Waals surface area contributed by atoms with Gasteiger partial charge in [-0.3, -0.25) is 19.3 Å². The number of aromatic amines is 1. The summed E-state index contributed by atoms with van der Waals surface area (Å²) in [4.78, 5) is 47.5. The fourth-order valence-corrected chi connectivity index (χ4v) is 10.6. The van der Waals surface area contributed by atoms with Crippen LogP contribution in [-0.4, -0.2) is 35.1 Å². The summed E-state index contributed by atoms with van der Waals surface area (Å²) in [5.74, 6) is -1.16. The lowest BCUT2D eigenvalue weighted by atomic mass is 9.68. The molecule has 4 aliphatic rings. The number of carbonyl (C=O) groups excluding carboxylic acids is 2. The molecule has 0 unspecified atom stereocenters. The lowest BCUT2D eigenvalue weighted by Crippen LogP contribution is -2.42. The lowest BCUT2D eigenvalue weighted by molar-refractivity contribution is -0.123. The largest absolute Gasteiger partial charge is 0.372 e. The number of aromatic nitrogens is 1. The number of anilines is 2. The molecule has 196 valence electrons. The van der Waals surface area contributed by atoms with Crippen LogP contribution >= 0.6 is 23.1 Å². The van der Waals surface area contributed by atoms with Gasteiger partial charge in [-0.15, -0.1) is 11.8 Å². The van der Waals surface area contributed by atoms with Crippen molar-refractivity contribution in [1.29, 1.82) is 0 Å². The topological polar surface area (TPSA) is 73.5 Å². The molecule has 0 spiro atoms. The predicted octanol–water partition coefficient (Wildman–Crippen LogP) is 5.10. The Hall–Kier alpha value is -2.91. The van der Waals surface area contributed by atoms with Gasteiger partial charge in [0.25, 0.3) is 0 Å². The molecular weight excluding hydrogens is 521 g/mol. The van der Waals surface area contributed by atoms with Gasteiger partial charge in [0.05, 0.1) is 22.5 Å². The predicted molar refractivity (Wildman–Crippen MR) is 147 cm³/mol. The molecule has 6 nitrogen and oxygen atoms in total. The summed E-state index contributed by atoms with van der Waals surface area (Å²) in [6.45, 7) is 6.14. The third-order valence-electron chi connectivity index (χ3n) is 9.19. The smallest absolute Gasteiger partial charge is 0.305 e. The van der Waals surface area contributed by atoms with Gasteiger partial charge in [-0.2, -0.15) is 0 Å². The van der Waals surface area contributed by atoms with E-state index in [1.165, 1.54) is 46.2 Å². The van der Waals surface area contributed by atoms with E-state index in [2.05, 4.69) is 48.0 Å². The zero-order chi connectivity index (χ0) is 26.3. The van der Waals surface area contributed by atoms with E-state index in [-0.39, 0.29) is 57.4 Å². The molecule has 7 atom stereocenters. The number of benzene rings is 2. The monoisotopic (exact) mass is 549 g/mol. The molecule has 2 aliphatic heterocycles. The number of thioether (sulfide) groups is 1. The molecule has 0 radical (unpaired) electrons. The molecule has 3 heterocycles. The van der Waals surface area contributed by atoms with Crippen molar-refractivity contribution < 1.29 is 14.0 Å². The Morgan fingerprint density at radius 3 is 2.26 bits per heavy atom. The summed E-state index contributed by atoms with van der Waals surface area (Å²) >= 11 is 2.97. The Morgan fingerprint density at radius 2 is 1.61 bits per heavy atom. The summed E-state index contributed by atoms with van der Waals surface area (Å²) in [5, 5.41) is 1.06. The highest BCUT2D eigenvalue weighted by molar-refractivity contribution is 8.00. The number of H-pyrrole nitrogens is 1. The molecule has 2 aliphatic carbocycles. The molecule has 2 amide bonds. The Bertz CT molecular complexity index is 1480.